The fourth-order valence-corrected chi connectivity index (χ4v) is 1.82. The summed E-state index contributed by atoms with van der Waals surface area (Å²) in [5.41, 5.74) is 1.65. The molecule has 1 heterocycles. The average molecular weight is 304 g/mol. The Morgan fingerprint density at radius 2 is 2.33 bits per heavy atom. The number of nitrogens with zero attached hydrogens (tertiary/aromatic N) is 2. The lowest BCUT2D eigenvalue weighted by Gasteiger charge is -2.06. The number of halogens is 1. The molecule has 0 aliphatic rings. The normalized spacial score (nSPS) is 9.86. The van der Waals surface area contributed by atoms with Gasteiger partial charge >= 0.3 is 0 Å². The minimum Gasteiger partial charge on any atom is -0.395 e. The molecule has 0 spiro atoms. The van der Waals surface area contributed by atoms with Gasteiger partial charge in [0.1, 0.15) is 0 Å². The second-order valence-corrected chi connectivity index (χ2v) is 4.73. The van der Waals surface area contributed by atoms with Crippen LogP contribution in [0.4, 0.5) is 5.69 Å². The monoisotopic (exact) mass is 303 g/mol. The van der Waals surface area contributed by atoms with Gasteiger partial charge in [0, 0.05) is 25.2 Å². The number of aryl methyl sites for hydroxylation is 1. The minimum atomic E-state index is -0.287. The predicted octanol–water partition coefficient (Wildman–Crippen LogP) is 2.06. The van der Waals surface area contributed by atoms with Gasteiger partial charge < -0.3 is 10.4 Å². The molecular formula is C15H14ClN3O2. The molecule has 1 aromatic heterocycles. The van der Waals surface area contributed by atoms with Gasteiger partial charge in [-0.1, -0.05) is 23.4 Å². The Morgan fingerprint density at radius 1 is 1.52 bits per heavy atom. The third-order valence-electron chi connectivity index (χ3n) is 2.65. The van der Waals surface area contributed by atoms with E-state index in [0.717, 1.165) is 0 Å². The van der Waals surface area contributed by atoms with Gasteiger partial charge in [0.25, 0.3) is 5.91 Å². The van der Waals surface area contributed by atoms with Crippen molar-refractivity contribution in [2.24, 2.45) is 7.05 Å². The molecule has 0 saturated carbocycles. The largest absolute Gasteiger partial charge is 0.395 e. The maximum Gasteiger partial charge on any atom is 0.258 e. The van der Waals surface area contributed by atoms with E-state index in [1.54, 1.807) is 36.1 Å². The second-order valence-electron chi connectivity index (χ2n) is 4.33. The Bertz CT molecular complexity index is 713. The lowest BCUT2D eigenvalue weighted by atomic mass is 10.2. The van der Waals surface area contributed by atoms with Crippen molar-refractivity contribution in [1.82, 2.24) is 9.78 Å². The molecule has 0 atom stereocenters. The standard InChI is InChI=1S/C15H14ClN3O2/c1-19-10-12(9-17-19)15(21)18-14-8-11(4-2-3-7-20)5-6-13(14)16/h5-6,8-10,20H,3,7H2,1H3,(H,18,21). The fraction of sp³-hybridized carbons (Fsp3) is 0.200. The van der Waals surface area contributed by atoms with Crippen molar-refractivity contribution in [3.8, 4) is 11.8 Å². The summed E-state index contributed by atoms with van der Waals surface area (Å²) in [4.78, 5) is 12.1. The van der Waals surface area contributed by atoms with Crippen LogP contribution in [-0.4, -0.2) is 27.4 Å². The number of rotatable bonds is 3. The minimum absolute atomic E-state index is 0.0190. The summed E-state index contributed by atoms with van der Waals surface area (Å²) in [5, 5.41) is 15.8. The summed E-state index contributed by atoms with van der Waals surface area (Å²) in [5.74, 6) is 5.42. The van der Waals surface area contributed by atoms with Crippen LogP contribution >= 0.6 is 11.6 Å². The van der Waals surface area contributed by atoms with E-state index in [9.17, 15) is 4.79 Å². The molecule has 2 aromatic rings. The van der Waals surface area contributed by atoms with Crippen molar-refractivity contribution in [2.75, 3.05) is 11.9 Å². The summed E-state index contributed by atoms with van der Waals surface area (Å²) >= 11 is 6.07. The zero-order valence-corrected chi connectivity index (χ0v) is 12.2. The molecule has 5 nitrogen and oxygen atoms in total. The van der Waals surface area contributed by atoms with Gasteiger partial charge in [0.15, 0.2) is 0 Å². The smallest absolute Gasteiger partial charge is 0.258 e. The summed E-state index contributed by atoms with van der Waals surface area (Å²) in [7, 11) is 1.74. The van der Waals surface area contributed by atoms with Crippen molar-refractivity contribution in [1.29, 1.82) is 0 Å². The highest BCUT2D eigenvalue weighted by Crippen LogP contribution is 2.23. The van der Waals surface area contributed by atoms with Crippen LogP contribution in [0.5, 0.6) is 0 Å². The van der Waals surface area contributed by atoms with E-state index >= 15 is 0 Å². The van der Waals surface area contributed by atoms with Crippen molar-refractivity contribution in [2.45, 2.75) is 6.42 Å². The van der Waals surface area contributed by atoms with Crippen LogP contribution in [0, 0.1) is 11.8 Å². The topological polar surface area (TPSA) is 67.2 Å². The number of hydrogen-bond donors (Lipinski definition) is 2. The quantitative estimate of drug-likeness (QED) is 0.853. The van der Waals surface area contributed by atoms with Crippen molar-refractivity contribution in [3.05, 3.63) is 46.7 Å². The van der Waals surface area contributed by atoms with E-state index < -0.39 is 0 Å². The number of benzene rings is 1. The number of hydrogen-bond acceptors (Lipinski definition) is 3. The van der Waals surface area contributed by atoms with Crippen molar-refractivity contribution >= 4 is 23.2 Å². The first kappa shape index (κ1) is 15.1. The molecule has 0 saturated heterocycles. The Morgan fingerprint density at radius 3 is 3.00 bits per heavy atom. The fourth-order valence-electron chi connectivity index (χ4n) is 1.65. The van der Waals surface area contributed by atoms with Gasteiger partial charge in [-0.15, -0.1) is 0 Å². The van der Waals surface area contributed by atoms with Crippen LogP contribution in [0.15, 0.2) is 30.6 Å². The molecule has 1 aromatic carbocycles. The maximum absolute atomic E-state index is 12.1. The molecule has 0 bridgehead atoms. The van der Waals surface area contributed by atoms with E-state index in [1.807, 2.05) is 0 Å². The highest BCUT2D eigenvalue weighted by atomic mass is 35.5. The molecule has 1 amide bonds. The summed E-state index contributed by atoms with van der Waals surface area (Å²) < 4.78 is 1.55. The SMILES string of the molecule is Cn1cc(C(=O)Nc2cc(C#CCCO)ccc2Cl)cn1. The molecule has 2 N–H and O–H groups in total. The first-order valence-electron chi connectivity index (χ1n) is 6.29. The van der Waals surface area contributed by atoms with Crippen LogP contribution in [0.3, 0.4) is 0 Å². The highest BCUT2D eigenvalue weighted by Gasteiger charge is 2.10. The van der Waals surface area contributed by atoms with Crippen molar-refractivity contribution in [3.63, 3.8) is 0 Å². The first-order valence-corrected chi connectivity index (χ1v) is 6.67. The molecule has 0 fully saturated rings. The maximum atomic E-state index is 12.1. The number of amides is 1. The summed E-state index contributed by atoms with van der Waals surface area (Å²) in [6, 6.07) is 5.12. The van der Waals surface area contributed by atoms with Crippen LogP contribution in [-0.2, 0) is 7.05 Å². The number of aromatic nitrogens is 2. The van der Waals surface area contributed by atoms with Gasteiger partial charge in [0.05, 0.1) is 29.1 Å². The molecule has 0 aliphatic carbocycles. The highest BCUT2D eigenvalue weighted by molar-refractivity contribution is 6.34. The van der Waals surface area contributed by atoms with Crippen LogP contribution in [0.2, 0.25) is 5.02 Å². The first-order chi connectivity index (χ1) is 10.1. The van der Waals surface area contributed by atoms with E-state index in [1.165, 1.54) is 6.20 Å². The van der Waals surface area contributed by atoms with Gasteiger partial charge in [-0.2, -0.15) is 5.10 Å². The van der Waals surface area contributed by atoms with Gasteiger partial charge in [-0.3, -0.25) is 9.48 Å². The number of nitrogens with one attached hydrogen (secondary N) is 1. The summed E-state index contributed by atoms with van der Waals surface area (Å²) in [6.07, 6.45) is 3.50. The molecule has 21 heavy (non-hydrogen) atoms. The third kappa shape index (κ3) is 4.09. The number of anilines is 1. The molecule has 0 unspecified atom stereocenters. The molecule has 6 heteroatoms. The second kappa shape index (κ2) is 6.93. The van der Waals surface area contributed by atoms with Crippen LogP contribution in [0.1, 0.15) is 22.3 Å². The van der Waals surface area contributed by atoms with E-state index in [0.29, 0.717) is 28.3 Å². The Labute approximate surface area is 127 Å². The Hall–Kier alpha value is -2.29. The zero-order valence-electron chi connectivity index (χ0n) is 11.4. The number of carbonyl (C=O) groups excluding carboxylic acids is 1. The molecule has 2 rings (SSSR count). The van der Waals surface area contributed by atoms with Gasteiger partial charge in [-0.25, -0.2) is 0 Å². The van der Waals surface area contributed by atoms with E-state index in [4.69, 9.17) is 16.7 Å². The predicted molar refractivity (Wildman–Crippen MR) is 81.2 cm³/mol. The lowest BCUT2D eigenvalue weighted by molar-refractivity contribution is 0.102. The van der Waals surface area contributed by atoms with Gasteiger partial charge in [0.2, 0.25) is 0 Å². The Kier molecular flexibility index (Phi) is 4.99. The molecular weight excluding hydrogens is 290 g/mol. The van der Waals surface area contributed by atoms with Crippen molar-refractivity contribution < 1.29 is 9.90 Å². The van der Waals surface area contributed by atoms with Crippen LogP contribution in [0.25, 0.3) is 0 Å². The number of aliphatic hydroxyl groups excluding tert-OH is 1. The summed E-state index contributed by atoms with van der Waals surface area (Å²) in [6.45, 7) is 0.0190. The third-order valence-corrected chi connectivity index (χ3v) is 2.98. The average Bonchev–Trinajstić information content (AvgIpc) is 2.89. The lowest BCUT2D eigenvalue weighted by Crippen LogP contribution is -2.11. The molecule has 108 valence electrons. The van der Waals surface area contributed by atoms with Crippen LogP contribution < -0.4 is 5.32 Å². The van der Waals surface area contributed by atoms with E-state index in [-0.39, 0.29) is 12.5 Å². The number of carbonyl (C=O) groups is 1. The van der Waals surface area contributed by atoms with E-state index in [2.05, 4.69) is 22.3 Å². The van der Waals surface area contributed by atoms with Gasteiger partial charge in [-0.05, 0) is 18.2 Å². The molecule has 0 radical (unpaired) electrons. The molecule has 0 aliphatic heterocycles. The number of aliphatic hydroxyl groups is 1. The zero-order chi connectivity index (χ0) is 15.2. The Balaban J connectivity index is 2.17.